The molecule has 0 aromatic heterocycles. The van der Waals surface area contributed by atoms with Gasteiger partial charge in [0, 0.05) is 19.6 Å². The van der Waals surface area contributed by atoms with Gasteiger partial charge in [0.05, 0.1) is 31.1 Å². The first kappa shape index (κ1) is 17.5. The Balaban J connectivity index is 1.30. The Bertz CT molecular complexity index is 806. The first-order valence-electron chi connectivity index (χ1n) is 9.10. The molecule has 7 heteroatoms. The summed E-state index contributed by atoms with van der Waals surface area (Å²) >= 11 is 0. The van der Waals surface area contributed by atoms with Gasteiger partial charge >= 0.3 is 0 Å². The number of ether oxygens (including phenoxy) is 3. The average Bonchev–Trinajstić information content (AvgIpc) is 3.19. The third kappa shape index (κ3) is 4.25. The number of fused-ring (bicyclic) bond motifs is 1. The van der Waals surface area contributed by atoms with E-state index in [9.17, 15) is 4.79 Å². The van der Waals surface area contributed by atoms with Crippen LogP contribution in [0, 0.1) is 0 Å². The Morgan fingerprint density at radius 3 is 2.74 bits per heavy atom. The number of rotatable bonds is 6. The molecule has 2 aromatic carbocycles. The maximum absolute atomic E-state index is 12.2. The summed E-state index contributed by atoms with van der Waals surface area (Å²) in [6, 6.07) is 13.7. The predicted molar refractivity (Wildman–Crippen MR) is 102 cm³/mol. The molecule has 0 atom stereocenters. The Morgan fingerprint density at radius 1 is 1.04 bits per heavy atom. The van der Waals surface area contributed by atoms with Crippen LogP contribution in [0.1, 0.15) is 5.56 Å². The van der Waals surface area contributed by atoms with E-state index in [1.165, 1.54) is 0 Å². The molecule has 142 valence electrons. The second-order valence-electron chi connectivity index (χ2n) is 6.43. The van der Waals surface area contributed by atoms with Crippen LogP contribution < -0.4 is 25.0 Å². The van der Waals surface area contributed by atoms with E-state index in [0.717, 1.165) is 54.7 Å². The maximum atomic E-state index is 12.2. The van der Waals surface area contributed by atoms with Crippen LogP contribution in [-0.4, -0.2) is 45.5 Å². The van der Waals surface area contributed by atoms with Crippen molar-refractivity contribution in [3.63, 3.8) is 0 Å². The summed E-state index contributed by atoms with van der Waals surface area (Å²) in [6.07, 6.45) is 0. The molecule has 1 amide bonds. The van der Waals surface area contributed by atoms with Crippen LogP contribution in [0.25, 0.3) is 0 Å². The van der Waals surface area contributed by atoms with Gasteiger partial charge in [-0.25, -0.2) is 0 Å². The Morgan fingerprint density at radius 2 is 1.85 bits per heavy atom. The number of carbonyl (C=O) groups excluding carboxylic acids is 1. The van der Waals surface area contributed by atoms with Crippen LogP contribution in [0.2, 0.25) is 0 Å². The summed E-state index contributed by atoms with van der Waals surface area (Å²) in [6.45, 7) is 4.07. The van der Waals surface area contributed by atoms with Crippen molar-refractivity contribution in [3.8, 4) is 11.5 Å². The molecule has 4 rings (SSSR count). The van der Waals surface area contributed by atoms with Crippen LogP contribution in [0.5, 0.6) is 11.5 Å². The van der Waals surface area contributed by atoms with E-state index in [4.69, 9.17) is 14.2 Å². The highest BCUT2D eigenvalue weighted by atomic mass is 16.7. The van der Waals surface area contributed by atoms with E-state index in [-0.39, 0.29) is 19.2 Å². The van der Waals surface area contributed by atoms with Crippen molar-refractivity contribution in [2.24, 2.45) is 0 Å². The average molecular weight is 369 g/mol. The molecule has 7 nitrogen and oxygen atoms in total. The molecular formula is C20H23N3O4. The smallest absolute Gasteiger partial charge is 0.239 e. The van der Waals surface area contributed by atoms with Crippen molar-refractivity contribution < 1.29 is 19.0 Å². The highest BCUT2D eigenvalue weighted by Crippen LogP contribution is 2.32. The lowest BCUT2D eigenvalue weighted by atomic mass is 10.2. The standard InChI is InChI=1S/C20H23N3O4/c24-20(22-12-15-5-6-18-19(11-15)27-14-26-18)13-21-16-3-1-2-4-17(16)23-7-9-25-10-8-23/h1-6,11,21H,7-10,12-14H2,(H,22,24). The fourth-order valence-corrected chi connectivity index (χ4v) is 3.19. The van der Waals surface area contributed by atoms with Crippen molar-refractivity contribution in [1.29, 1.82) is 0 Å². The Hall–Kier alpha value is -2.93. The minimum atomic E-state index is -0.0653. The molecule has 2 N–H and O–H groups in total. The molecule has 0 saturated carbocycles. The van der Waals surface area contributed by atoms with Crippen LogP contribution in [0.3, 0.4) is 0 Å². The lowest BCUT2D eigenvalue weighted by Crippen LogP contribution is -2.37. The number of carbonyl (C=O) groups is 1. The fourth-order valence-electron chi connectivity index (χ4n) is 3.19. The number of anilines is 2. The monoisotopic (exact) mass is 369 g/mol. The molecule has 27 heavy (non-hydrogen) atoms. The first-order chi connectivity index (χ1) is 13.3. The molecular weight excluding hydrogens is 346 g/mol. The van der Waals surface area contributed by atoms with Gasteiger partial charge in [0.2, 0.25) is 12.7 Å². The second kappa shape index (κ2) is 8.18. The van der Waals surface area contributed by atoms with Crippen molar-refractivity contribution in [1.82, 2.24) is 5.32 Å². The highest BCUT2D eigenvalue weighted by molar-refractivity contribution is 5.82. The first-order valence-corrected chi connectivity index (χ1v) is 9.10. The van der Waals surface area contributed by atoms with Gasteiger partial charge < -0.3 is 29.7 Å². The number of para-hydroxylation sites is 2. The molecule has 0 radical (unpaired) electrons. The number of morpholine rings is 1. The van der Waals surface area contributed by atoms with E-state index >= 15 is 0 Å². The Labute approximate surface area is 158 Å². The summed E-state index contributed by atoms with van der Waals surface area (Å²) < 4.78 is 16.1. The van der Waals surface area contributed by atoms with E-state index in [0.29, 0.717) is 6.54 Å². The summed E-state index contributed by atoms with van der Waals surface area (Å²) in [5, 5.41) is 6.18. The fraction of sp³-hybridized carbons (Fsp3) is 0.350. The van der Waals surface area contributed by atoms with Gasteiger partial charge in [0.1, 0.15) is 0 Å². The third-order valence-corrected chi connectivity index (χ3v) is 4.62. The summed E-state index contributed by atoms with van der Waals surface area (Å²) in [5.74, 6) is 1.40. The number of nitrogens with one attached hydrogen (secondary N) is 2. The largest absolute Gasteiger partial charge is 0.454 e. The van der Waals surface area contributed by atoms with Crippen molar-refractivity contribution >= 4 is 17.3 Å². The maximum Gasteiger partial charge on any atom is 0.239 e. The van der Waals surface area contributed by atoms with E-state index < -0.39 is 0 Å². The molecule has 2 heterocycles. The zero-order valence-electron chi connectivity index (χ0n) is 15.1. The Kier molecular flexibility index (Phi) is 5.29. The molecule has 1 fully saturated rings. The summed E-state index contributed by atoms with van der Waals surface area (Å²) in [5.41, 5.74) is 3.03. The van der Waals surface area contributed by atoms with Crippen LogP contribution in [0.15, 0.2) is 42.5 Å². The van der Waals surface area contributed by atoms with Crippen LogP contribution >= 0.6 is 0 Å². The molecule has 0 bridgehead atoms. The number of hydrogen-bond donors (Lipinski definition) is 2. The quantitative estimate of drug-likeness (QED) is 0.811. The molecule has 0 spiro atoms. The number of nitrogens with zero attached hydrogens (tertiary/aromatic N) is 1. The zero-order chi connectivity index (χ0) is 18.5. The lowest BCUT2D eigenvalue weighted by Gasteiger charge is -2.30. The normalized spacial score (nSPS) is 15.5. The van der Waals surface area contributed by atoms with Gasteiger partial charge in [-0.2, -0.15) is 0 Å². The van der Waals surface area contributed by atoms with Gasteiger partial charge in [0.25, 0.3) is 0 Å². The van der Waals surface area contributed by atoms with Gasteiger partial charge in [-0.05, 0) is 29.8 Å². The predicted octanol–water partition coefficient (Wildman–Crippen LogP) is 1.98. The molecule has 2 aromatic rings. The molecule has 0 aliphatic carbocycles. The van der Waals surface area contributed by atoms with Crippen molar-refractivity contribution in [3.05, 3.63) is 48.0 Å². The molecule has 1 saturated heterocycles. The second-order valence-corrected chi connectivity index (χ2v) is 6.43. The van der Waals surface area contributed by atoms with Crippen molar-refractivity contribution in [2.75, 3.05) is 49.9 Å². The highest BCUT2D eigenvalue weighted by Gasteiger charge is 2.15. The van der Waals surface area contributed by atoms with Crippen LogP contribution in [0.4, 0.5) is 11.4 Å². The number of amides is 1. The van der Waals surface area contributed by atoms with Gasteiger partial charge in [-0.1, -0.05) is 18.2 Å². The van der Waals surface area contributed by atoms with Gasteiger partial charge in [-0.15, -0.1) is 0 Å². The summed E-state index contributed by atoms with van der Waals surface area (Å²) in [4.78, 5) is 14.5. The van der Waals surface area contributed by atoms with E-state index in [1.807, 2.05) is 36.4 Å². The minimum Gasteiger partial charge on any atom is -0.454 e. The van der Waals surface area contributed by atoms with Gasteiger partial charge in [-0.3, -0.25) is 4.79 Å². The molecule has 2 aliphatic heterocycles. The molecule has 2 aliphatic rings. The summed E-state index contributed by atoms with van der Waals surface area (Å²) in [7, 11) is 0. The number of hydrogen-bond acceptors (Lipinski definition) is 6. The topological polar surface area (TPSA) is 72.1 Å². The zero-order valence-corrected chi connectivity index (χ0v) is 15.1. The van der Waals surface area contributed by atoms with Gasteiger partial charge in [0.15, 0.2) is 11.5 Å². The lowest BCUT2D eigenvalue weighted by molar-refractivity contribution is -0.119. The van der Waals surface area contributed by atoms with Crippen LogP contribution in [-0.2, 0) is 16.1 Å². The van der Waals surface area contributed by atoms with E-state index in [1.54, 1.807) is 0 Å². The third-order valence-electron chi connectivity index (χ3n) is 4.62. The minimum absolute atomic E-state index is 0.0653. The number of benzene rings is 2. The van der Waals surface area contributed by atoms with Crippen molar-refractivity contribution in [2.45, 2.75) is 6.54 Å². The van der Waals surface area contributed by atoms with E-state index in [2.05, 4.69) is 21.6 Å². The SMILES string of the molecule is O=C(CNc1ccccc1N1CCOCC1)NCc1ccc2c(c1)OCO2. The molecule has 0 unspecified atom stereocenters.